The summed E-state index contributed by atoms with van der Waals surface area (Å²) in [6, 6.07) is 8.97. The second-order valence-corrected chi connectivity index (χ2v) is 3.71. The van der Waals surface area contributed by atoms with Gasteiger partial charge in [0.2, 0.25) is 0 Å². The lowest BCUT2D eigenvalue weighted by molar-refractivity contribution is -0.107. The second-order valence-electron chi connectivity index (χ2n) is 3.71. The van der Waals surface area contributed by atoms with E-state index in [-0.39, 0.29) is 16.9 Å². The summed E-state index contributed by atoms with van der Waals surface area (Å²) in [6.07, 6.45) is -0.999. The van der Waals surface area contributed by atoms with E-state index in [9.17, 15) is 4.39 Å². The van der Waals surface area contributed by atoms with E-state index in [0.717, 1.165) is 0 Å². The molecule has 0 amide bonds. The van der Waals surface area contributed by atoms with E-state index in [1.807, 2.05) is 0 Å². The van der Waals surface area contributed by atoms with Crippen molar-refractivity contribution in [1.29, 1.82) is 15.8 Å². The Bertz CT molecular complexity index is 660. The summed E-state index contributed by atoms with van der Waals surface area (Å²) in [5, 5.41) is 29.1. The van der Waals surface area contributed by atoms with Gasteiger partial charge in [0, 0.05) is 14.2 Å². The Hall–Kier alpha value is -2.92. The largest absolute Gasteiger partial charge is 0.351 e. The number of nitrogens with zero attached hydrogens (tertiary/aromatic N) is 3. The molecule has 1 aromatic carbocycles. The molecule has 0 bridgehead atoms. The molecule has 21 heavy (non-hydrogen) atoms. The average Bonchev–Trinajstić information content (AvgIpc) is 2.50. The summed E-state index contributed by atoms with van der Waals surface area (Å²) in [4.78, 5) is 0. The van der Waals surface area contributed by atoms with Crippen LogP contribution in [-0.4, -0.2) is 14.2 Å². The first kappa shape index (κ1) is 16.1. The number of ether oxygens (including phenoxy) is 2. The summed E-state index contributed by atoms with van der Waals surface area (Å²) >= 11 is 0. The summed E-state index contributed by atoms with van der Waals surface area (Å²) in [5.41, 5.74) is -0.481. The van der Waals surface area contributed by atoms with Gasteiger partial charge in [0.05, 0.1) is 11.3 Å². The first-order chi connectivity index (χ1) is 10.1. The highest BCUT2D eigenvalue weighted by molar-refractivity contribution is 5.62. The number of anilines is 1. The van der Waals surface area contributed by atoms with Crippen molar-refractivity contribution in [3.05, 3.63) is 40.8 Å². The first-order valence-electron chi connectivity index (χ1n) is 5.68. The molecule has 0 unspecified atom stereocenters. The van der Waals surface area contributed by atoms with E-state index < -0.39 is 17.7 Å². The van der Waals surface area contributed by atoms with Crippen LogP contribution in [0.1, 0.15) is 11.9 Å². The van der Waals surface area contributed by atoms with Crippen LogP contribution in [0.4, 0.5) is 10.1 Å². The van der Waals surface area contributed by atoms with Gasteiger partial charge >= 0.3 is 0 Å². The average molecular weight is 286 g/mol. The van der Waals surface area contributed by atoms with Crippen LogP contribution in [0.15, 0.2) is 29.5 Å². The van der Waals surface area contributed by atoms with Gasteiger partial charge in [-0.1, -0.05) is 6.07 Å². The maximum absolute atomic E-state index is 14.0. The van der Waals surface area contributed by atoms with Gasteiger partial charge in [0.25, 0.3) is 0 Å². The number of halogens is 1. The van der Waals surface area contributed by atoms with Gasteiger partial charge in [-0.3, -0.25) is 0 Å². The van der Waals surface area contributed by atoms with Crippen molar-refractivity contribution in [2.75, 3.05) is 19.5 Å². The summed E-state index contributed by atoms with van der Waals surface area (Å²) in [7, 11) is 2.67. The fourth-order valence-corrected chi connectivity index (χ4v) is 1.64. The monoisotopic (exact) mass is 286 g/mol. The van der Waals surface area contributed by atoms with Gasteiger partial charge in [-0.05, 0) is 12.1 Å². The minimum absolute atomic E-state index is 0.0329. The Morgan fingerprint density at radius 3 is 2.24 bits per heavy atom. The number of rotatable bonds is 5. The molecule has 0 aromatic heterocycles. The third kappa shape index (κ3) is 3.55. The fourth-order valence-electron chi connectivity index (χ4n) is 1.64. The lowest BCUT2D eigenvalue weighted by Gasteiger charge is -2.19. The Kier molecular flexibility index (Phi) is 5.85. The Morgan fingerprint density at radius 1 is 1.14 bits per heavy atom. The van der Waals surface area contributed by atoms with E-state index in [4.69, 9.17) is 25.3 Å². The molecule has 0 atom stereocenters. The molecule has 0 aliphatic heterocycles. The van der Waals surface area contributed by atoms with Gasteiger partial charge in [0.1, 0.15) is 29.7 Å². The van der Waals surface area contributed by atoms with Crippen LogP contribution in [0.2, 0.25) is 0 Å². The third-order valence-electron chi connectivity index (χ3n) is 2.56. The van der Waals surface area contributed by atoms with Crippen LogP contribution in [0.3, 0.4) is 0 Å². The van der Waals surface area contributed by atoms with Crippen LogP contribution >= 0.6 is 0 Å². The summed E-state index contributed by atoms with van der Waals surface area (Å²) < 4.78 is 24.0. The highest BCUT2D eigenvalue weighted by atomic mass is 19.1. The molecular formula is C14H11FN4O2. The highest BCUT2D eigenvalue weighted by Gasteiger charge is 2.20. The van der Waals surface area contributed by atoms with Gasteiger partial charge in [0.15, 0.2) is 11.9 Å². The van der Waals surface area contributed by atoms with Crippen molar-refractivity contribution < 1.29 is 13.9 Å². The van der Waals surface area contributed by atoms with Crippen LogP contribution in [0, 0.1) is 39.8 Å². The zero-order valence-electron chi connectivity index (χ0n) is 11.3. The minimum Gasteiger partial charge on any atom is -0.351 e. The number of allylic oxidation sites excluding steroid dienone is 2. The van der Waals surface area contributed by atoms with Crippen molar-refractivity contribution in [2.24, 2.45) is 0 Å². The van der Waals surface area contributed by atoms with Crippen LogP contribution in [-0.2, 0) is 9.47 Å². The molecule has 0 aliphatic carbocycles. The molecular weight excluding hydrogens is 275 g/mol. The lowest BCUT2D eigenvalue weighted by atomic mass is 10.1. The third-order valence-corrected chi connectivity index (χ3v) is 2.56. The number of nitriles is 3. The molecule has 1 N–H and O–H groups in total. The van der Waals surface area contributed by atoms with E-state index in [1.165, 1.54) is 32.4 Å². The molecule has 0 radical (unpaired) electrons. The molecule has 106 valence electrons. The van der Waals surface area contributed by atoms with Gasteiger partial charge < -0.3 is 14.8 Å². The van der Waals surface area contributed by atoms with Gasteiger partial charge in [-0.2, -0.15) is 15.8 Å². The van der Waals surface area contributed by atoms with Crippen molar-refractivity contribution in [2.45, 2.75) is 6.29 Å². The summed E-state index contributed by atoms with van der Waals surface area (Å²) in [5.74, 6) is -0.610. The Morgan fingerprint density at radius 2 is 1.76 bits per heavy atom. The van der Waals surface area contributed by atoms with Crippen molar-refractivity contribution in [3.63, 3.8) is 0 Å². The Balaban J connectivity index is 3.37. The van der Waals surface area contributed by atoms with Crippen LogP contribution in [0.25, 0.3) is 0 Å². The molecule has 6 nitrogen and oxygen atoms in total. The Labute approximate surface area is 121 Å². The maximum Gasteiger partial charge on any atom is 0.187 e. The molecule has 7 heteroatoms. The van der Waals surface area contributed by atoms with Gasteiger partial charge in [-0.15, -0.1) is 0 Å². The number of hydrogen-bond donors (Lipinski definition) is 1. The normalized spacial score (nSPS) is 9.38. The standard InChI is InChI=1S/C14H11FN4O2/c1-20-14(21-2)13-10(15)4-3-5-11(13)19-12(8-18)9(6-16)7-17/h3-5,14,19H,1-2H3. The minimum atomic E-state index is -0.999. The highest BCUT2D eigenvalue weighted by Crippen LogP contribution is 2.29. The number of methoxy groups -OCH3 is 2. The zero-order valence-corrected chi connectivity index (χ0v) is 11.3. The van der Waals surface area contributed by atoms with Crippen molar-refractivity contribution in [1.82, 2.24) is 0 Å². The van der Waals surface area contributed by atoms with E-state index in [1.54, 1.807) is 18.2 Å². The molecule has 0 heterocycles. The maximum atomic E-state index is 14.0. The number of benzene rings is 1. The number of nitrogens with one attached hydrogen (secondary N) is 1. The summed E-state index contributed by atoms with van der Waals surface area (Å²) in [6.45, 7) is 0. The molecule has 0 saturated carbocycles. The van der Waals surface area contributed by atoms with E-state index in [0.29, 0.717) is 0 Å². The van der Waals surface area contributed by atoms with Crippen molar-refractivity contribution >= 4 is 5.69 Å². The first-order valence-corrected chi connectivity index (χ1v) is 5.68. The number of hydrogen-bond acceptors (Lipinski definition) is 6. The smallest absolute Gasteiger partial charge is 0.187 e. The van der Waals surface area contributed by atoms with Crippen molar-refractivity contribution in [3.8, 4) is 18.2 Å². The fraction of sp³-hybridized carbons (Fsp3) is 0.214. The van der Waals surface area contributed by atoms with Crippen LogP contribution in [0.5, 0.6) is 0 Å². The van der Waals surface area contributed by atoms with Gasteiger partial charge in [-0.25, -0.2) is 4.39 Å². The molecule has 0 aliphatic rings. The van der Waals surface area contributed by atoms with E-state index >= 15 is 0 Å². The lowest BCUT2D eigenvalue weighted by Crippen LogP contribution is -2.11. The molecule has 0 saturated heterocycles. The quantitative estimate of drug-likeness (QED) is 0.658. The molecule has 1 aromatic rings. The molecule has 0 spiro atoms. The SMILES string of the molecule is COC(OC)c1c(F)cccc1NC(C#N)=C(C#N)C#N. The predicted octanol–water partition coefficient (Wildman–Crippen LogP) is 2.35. The topological polar surface area (TPSA) is 102 Å². The predicted molar refractivity (Wildman–Crippen MR) is 70.6 cm³/mol. The van der Waals surface area contributed by atoms with E-state index in [2.05, 4.69) is 5.32 Å². The zero-order chi connectivity index (χ0) is 15.8. The van der Waals surface area contributed by atoms with Crippen LogP contribution < -0.4 is 5.32 Å². The molecule has 1 rings (SSSR count). The molecule has 0 fully saturated rings. The second kappa shape index (κ2) is 7.62.